The average molecular weight is 365 g/mol. The van der Waals surface area contributed by atoms with Gasteiger partial charge in [-0.3, -0.25) is 4.79 Å². The van der Waals surface area contributed by atoms with Crippen molar-refractivity contribution in [3.05, 3.63) is 95.8 Å². The van der Waals surface area contributed by atoms with Gasteiger partial charge in [-0.25, -0.2) is 9.18 Å². The summed E-state index contributed by atoms with van der Waals surface area (Å²) in [7, 11) is 0. The molecule has 136 valence electrons. The molecule has 0 radical (unpaired) electrons. The molecule has 6 heteroatoms. The summed E-state index contributed by atoms with van der Waals surface area (Å²) in [6, 6.07) is 19.3. The predicted octanol–water partition coefficient (Wildman–Crippen LogP) is 4.07. The third-order valence-corrected chi connectivity index (χ3v) is 3.78. The Morgan fingerprint density at radius 3 is 2.15 bits per heavy atom. The number of carbonyl (C=O) groups excluding carboxylic acids is 2. The van der Waals surface area contributed by atoms with Crippen LogP contribution >= 0.6 is 0 Å². The largest absolute Gasteiger partial charge is 0.508 e. The van der Waals surface area contributed by atoms with Gasteiger partial charge in [-0.1, -0.05) is 30.3 Å². The molecule has 3 aromatic carbocycles. The van der Waals surface area contributed by atoms with E-state index in [2.05, 4.69) is 5.32 Å². The van der Waals surface area contributed by atoms with Gasteiger partial charge in [0.25, 0.3) is 5.91 Å². The fourth-order valence-corrected chi connectivity index (χ4v) is 2.41. The van der Waals surface area contributed by atoms with Crippen LogP contribution in [0.3, 0.4) is 0 Å². The lowest BCUT2D eigenvalue weighted by molar-refractivity contribution is -0.125. The Hall–Kier alpha value is -3.67. The Balaban J connectivity index is 1.82. The van der Waals surface area contributed by atoms with Gasteiger partial charge >= 0.3 is 5.97 Å². The smallest absolute Gasteiger partial charge is 0.339 e. The molecule has 0 saturated carbocycles. The maximum absolute atomic E-state index is 13.0. The van der Waals surface area contributed by atoms with E-state index in [1.54, 1.807) is 30.3 Å². The summed E-state index contributed by atoms with van der Waals surface area (Å²) in [5.74, 6) is -1.69. The molecule has 0 aliphatic heterocycles. The van der Waals surface area contributed by atoms with Gasteiger partial charge in [0.15, 0.2) is 0 Å². The van der Waals surface area contributed by atoms with E-state index in [0.717, 1.165) is 0 Å². The summed E-state index contributed by atoms with van der Waals surface area (Å²) < 4.78 is 18.4. The number of benzene rings is 3. The number of halogens is 1. The first kappa shape index (κ1) is 18.1. The van der Waals surface area contributed by atoms with Crippen molar-refractivity contribution in [3.63, 3.8) is 0 Å². The number of rotatable bonds is 5. The molecule has 0 spiro atoms. The van der Waals surface area contributed by atoms with Crippen molar-refractivity contribution < 1.29 is 23.8 Å². The van der Waals surface area contributed by atoms with Crippen molar-refractivity contribution in [1.29, 1.82) is 0 Å². The number of carbonyl (C=O) groups is 2. The molecule has 0 aliphatic carbocycles. The minimum absolute atomic E-state index is 0.0141. The quantitative estimate of drug-likeness (QED) is 0.669. The van der Waals surface area contributed by atoms with Crippen molar-refractivity contribution in [3.8, 4) is 5.75 Å². The predicted molar refractivity (Wildman–Crippen MR) is 97.7 cm³/mol. The zero-order valence-corrected chi connectivity index (χ0v) is 14.1. The molecule has 0 bridgehead atoms. The number of amides is 1. The normalized spacial score (nSPS) is 11.4. The first-order valence-corrected chi connectivity index (χ1v) is 8.14. The number of phenols is 1. The van der Waals surface area contributed by atoms with Crippen LogP contribution in [-0.2, 0) is 9.53 Å². The third kappa shape index (κ3) is 4.70. The molecule has 1 atom stereocenters. The fraction of sp³-hybridized carbons (Fsp3) is 0.0476. The number of phenolic OH excluding ortho intramolecular Hbond substituents is 1. The summed E-state index contributed by atoms with van der Waals surface area (Å²) in [4.78, 5) is 25.1. The maximum atomic E-state index is 13.0. The number of nitrogens with one attached hydrogen (secondary N) is 1. The Kier molecular flexibility index (Phi) is 5.47. The number of hydrogen-bond acceptors (Lipinski definition) is 4. The molecular weight excluding hydrogens is 349 g/mol. The summed E-state index contributed by atoms with van der Waals surface area (Å²) in [5, 5.41) is 11.9. The van der Waals surface area contributed by atoms with E-state index < -0.39 is 23.8 Å². The van der Waals surface area contributed by atoms with E-state index >= 15 is 0 Å². The van der Waals surface area contributed by atoms with Crippen LogP contribution in [0.1, 0.15) is 22.0 Å². The molecule has 2 N–H and O–H groups in total. The van der Waals surface area contributed by atoms with Crippen LogP contribution in [0.15, 0.2) is 78.9 Å². The monoisotopic (exact) mass is 365 g/mol. The van der Waals surface area contributed by atoms with Crippen molar-refractivity contribution in [1.82, 2.24) is 0 Å². The summed E-state index contributed by atoms with van der Waals surface area (Å²) in [5.41, 5.74) is 1.07. The highest BCUT2D eigenvalue weighted by molar-refractivity contribution is 5.98. The Bertz CT molecular complexity index is 925. The van der Waals surface area contributed by atoms with E-state index in [1.807, 2.05) is 0 Å². The van der Waals surface area contributed by atoms with Crippen molar-refractivity contribution in [2.45, 2.75) is 6.10 Å². The van der Waals surface area contributed by atoms with E-state index in [1.165, 1.54) is 48.5 Å². The van der Waals surface area contributed by atoms with Crippen molar-refractivity contribution in [2.24, 2.45) is 0 Å². The van der Waals surface area contributed by atoms with Crippen molar-refractivity contribution >= 4 is 17.6 Å². The zero-order valence-electron chi connectivity index (χ0n) is 14.1. The molecule has 0 aromatic heterocycles. The van der Waals surface area contributed by atoms with Crippen LogP contribution in [0.5, 0.6) is 5.75 Å². The minimum atomic E-state index is -1.20. The average Bonchev–Trinajstić information content (AvgIpc) is 2.69. The molecule has 3 aromatic rings. The Labute approximate surface area is 155 Å². The molecule has 0 aliphatic rings. The maximum Gasteiger partial charge on any atom is 0.339 e. The highest BCUT2D eigenvalue weighted by Crippen LogP contribution is 2.22. The number of anilines is 1. The highest BCUT2D eigenvalue weighted by Gasteiger charge is 2.25. The standard InChI is InChI=1S/C21H16FNO4/c22-16-8-10-17(11-9-16)23-20(25)19(14-4-2-1-3-5-14)27-21(26)15-6-12-18(24)13-7-15/h1-13,19,24H,(H,23,25). The second kappa shape index (κ2) is 8.14. The summed E-state index contributed by atoms with van der Waals surface area (Å²) >= 11 is 0. The van der Waals surface area contributed by atoms with E-state index in [9.17, 15) is 19.1 Å². The molecule has 1 unspecified atom stereocenters. The molecule has 27 heavy (non-hydrogen) atoms. The van der Waals surface area contributed by atoms with Crippen LogP contribution in [0.25, 0.3) is 0 Å². The molecule has 0 fully saturated rings. The second-order valence-corrected chi connectivity index (χ2v) is 5.74. The number of hydrogen-bond donors (Lipinski definition) is 2. The molecular formula is C21H16FNO4. The molecule has 0 saturated heterocycles. The number of esters is 1. The van der Waals surface area contributed by atoms with Gasteiger partial charge in [0.05, 0.1) is 5.56 Å². The number of ether oxygens (including phenoxy) is 1. The van der Waals surface area contributed by atoms with Gasteiger partial charge in [0.1, 0.15) is 11.6 Å². The van der Waals surface area contributed by atoms with Crippen LogP contribution < -0.4 is 5.32 Å². The fourth-order valence-electron chi connectivity index (χ4n) is 2.41. The van der Waals surface area contributed by atoms with Gasteiger partial charge in [0.2, 0.25) is 6.10 Å². The Morgan fingerprint density at radius 2 is 1.52 bits per heavy atom. The van der Waals surface area contributed by atoms with Crippen LogP contribution in [0.2, 0.25) is 0 Å². The van der Waals surface area contributed by atoms with Gasteiger partial charge in [-0.15, -0.1) is 0 Å². The Morgan fingerprint density at radius 1 is 0.889 bits per heavy atom. The topological polar surface area (TPSA) is 75.6 Å². The first-order valence-electron chi connectivity index (χ1n) is 8.14. The zero-order chi connectivity index (χ0) is 19.2. The van der Waals surface area contributed by atoms with E-state index in [4.69, 9.17) is 4.74 Å². The van der Waals surface area contributed by atoms with Crippen LogP contribution in [0.4, 0.5) is 10.1 Å². The lowest BCUT2D eigenvalue weighted by atomic mass is 10.1. The number of aromatic hydroxyl groups is 1. The third-order valence-electron chi connectivity index (χ3n) is 3.78. The molecule has 1 amide bonds. The van der Waals surface area contributed by atoms with Gasteiger partial charge in [-0.05, 0) is 48.5 Å². The second-order valence-electron chi connectivity index (χ2n) is 5.74. The highest BCUT2D eigenvalue weighted by atomic mass is 19.1. The van der Waals surface area contributed by atoms with E-state index in [0.29, 0.717) is 11.3 Å². The molecule has 3 rings (SSSR count). The van der Waals surface area contributed by atoms with Crippen LogP contribution in [-0.4, -0.2) is 17.0 Å². The first-order chi connectivity index (χ1) is 13.0. The van der Waals surface area contributed by atoms with Crippen LogP contribution in [0, 0.1) is 5.82 Å². The lowest BCUT2D eigenvalue weighted by Gasteiger charge is -2.18. The molecule has 5 nitrogen and oxygen atoms in total. The van der Waals surface area contributed by atoms with Crippen molar-refractivity contribution in [2.75, 3.05) is 5.32 Å². The van der Waals surface area contributed by atoms with Gasteiger partial charge in [0, 0.05) is 11.3 Å². The molecule has 0 heterocycles. The summed E-state index contributed by atoms with van der Waals surface area (Å²) in [6.45, 7) is 0. The van der Waals surface area contributed by atoms with E-state index in [-0.39, 0.29) is 11.3 Å². The SMILES string of the molecule is O=C(OC(C(=O)Nc1ccc(F)cc1)c1ccccc1)c1ccc(O)cc1. The summed E-state index contributed by atoms with van der Waals surface area (Å²) in [6.07, 6.45) is -1.20. The van der Waals surface area contributed by atoms with Gasteiger partial charge < -0.3 is 15.2 Å². The van der Waals surface area contributed by atoms with Gasteiger partial charge in [-0.2, -0.15) is 0 Å². The minimum Gasteiger partial charge on any atom is -0.508 e. The lowest BCUT2D eigenvalue weighted by Crippen LogP contribution is -2.26.